The van der Waals surface area contributed by atoms with Crippen molar-refractivity contribution in [3.05, 3.63) is 0 Å². The summed E-state index contributed by atoms with van der Waals surface area (Å²) < 4.78 is 0. The highest BCUT2D eigenvalue weighted by molar-refractivity contribution is 7.80. The Morgan fingerprint density at radius 3 is 1.86 bits per heavy atom. The van der Waals surface area contributed by atoms with Crippen LogP contribution in [0.2, 0.25) is 0 Å². The van der Waals surface area contributed by atoms with E-state index in [0.717, 1.165) is 0 Å². The van der Waals surface area contributed by atoms with Crippen LogP contribution in [0.4, 0.5) is 0 Å². The van der Waals surface area contributed by atoms with E-state index in [-0.39, 0.29) is 43.9 Å². The number of carboxylic acids is 2. The van der Waals surface area contributed by atoms with E-state index >= 15 is 0 Å². The maximum absolute atomic E-state index is 12.8. The number of carbonyl (C=O) groups excluding carboxylic acids is 4. The Morgan fingerprint density at radius 2 is 1.37 bits per heavy atom. The third-order valence-corrected chi connectivity index (χ3v) is 4.79. The first-order valence-corrected chi connectivity index (χ1v) is 11.0. The molecular formula is C18H32N8O8S. The molecule has 0 heterocycles. The van der Waals surface area contributed by atoms with Crippen molar-refractivity contribution >= 4 is 54.2 Å². The van der Waals surface area contributed by atoms with Crippen LogP contribution in [-0.4, -0.2) is 88.2 Å². The predicted octanol–water partition coefficient (Wildman–Crippen LogP) is -4.42. The number of carboxylic acid groups (broad SMARTS) is 2. The minimum atomic E-state index is -1.63. The molecule has 0 bridgehead atoms. The summed E-state index contributed by atoms with van der Waals surface area (Å²) in [6.45, 7) is 0.0842. The second-order valence-electron chi connectivity index (χ2n) is 7.36. The zero-order chi connectivity index (χ0) is 27.1. The smallest absolute Gasteiger partial charge is 0.327 e. The van der Waals surface area contributed by atoms with Crippen molar-refractivity contribution in [2.45, 2.75) is 56.3 Å². The van der Waals surface area contributed by atoms with Crippen molar-refractivity contribution < 1.29 is 39.0 Å². The molecule has 0 aliphatic carbocycles. The van der Waals surface area contributed by atoms with Crippen molar-refractivity contribution in [2.75, 3.05) is 12.3 Å². The number of aliphatic carboxylic acids is 2. The van der Waals surface area contributed by atoms with Gasteiger partial charge in [-0.3, -0.25) is 29.0 Å². The van der Waals surface area contributed by atoms with Crippen LogP contribution in [0, 0.1) is 0 Å². The van der Waals surface area contributed by atoms with E-state index in [2.05, 4.69) is 33.6 Å². The molecule has 0 aromatic rings. The summed E-state index contributed by atoms with van der Waals surface area (Å²) in [5.41, 5.74) is 21.1. The van der Waals surface area contributed by atoms with Crippen LogP contribution in [0.25, 0.3) is 0 Å². The number of nitrogens with zero attached hydrogens (tertiary/aromatic N) is 1. The van der Waals surface area contributed by atoms with E-state index in [9.17, 15) is 28.8 Å². The third kappa shape index (κ3) is 13.6. The molecule has 4 atom stereocenters. The standard InChI is InChI=1S/C18H32N8O8S/c19-8(3-4-12(20)27)14(30)25-10(6-13(28)29)16(32)24-9(2-1-5-23-18(21)22)15(31)26-11(7-35)17(33)34/h8-11,35H,1-7,19H2,(H2,20,27)(H,24,32)(H,25,30)(H,26,31)(H,28,29)(H,33,34)(H4,21,22,23). The van der Waals surface area contributed by atoms with Crippen LogP contribution in [0.1, 0.15) is 32.1 Å². The van der Waals surface area contributed by atoms with Crippen molar-refractivity contribution in [1.29, 1.82) is 0 Å². The summed E-state index contributed by atoms with van der Waals surface area (Å²) in [4.78, 5) is 74.7. The Labute approximate surface area is 206 Å². The van der Waals surface area contributed by atoms with Crippen LogP contribution >= 0.6 is 12.6 Å². The Morgan fingerprint density at radius 1 is 0.829 bits per heavy atom. The van der Waals surface area contributed by atoms with Gasteiger partial charge in [0.25, 0.3) is 0 Å². The van der Waals surface area contributed by atoms with Gasteiger partial charge in [0.2, 0.25) is 23.6 Å². The van der Waals surface area contributed by atoms with E-state index in [1.165, 1.54) is 0 Å². The van der Waals surface area contributed by atoms with Gasteiger partial charge in [0.05, 0.1) is 12.5 Å². The lowest BCUT2D eigenvalue weighted by Crippen LogP contribution is -2.57. The van der Waals surface area contributed by atoms with Crippen LogP contribution in [0.5, 0.6) is 0 Å². The minimum Gasteiger partial charge on any atom is -0.481 e. The first-order valence-electron chi connectivity index (χ1n) is 10.3. The molecule has 0 radical (unpaired) electrons. The van der Waals surface area contributed by atoms with Gasteiger partial charge in [0.1, 0.15) is 18.1 Å². The van der Waals surface area contributed by atoms with Crippen molar-refractivity contribution in [2.24, 2.45) is 27.9 Å². The van der Waals surface area contributed by atoms with Gasteiger partial charge >= 0.3 is 11.9 Å². The van der Waals surface area contributed by atoms with Gasteiger partial charge in [-0.1, -0.05) is 0 Å². The topological polar surface area (TPSA) is 295 Å². The van der Waals surface area contributed by atoms with Crippen LogP contribution < -0.4 is 38.9 Å². The lowest BCUT2D eigenvalue weighted by Gasteiger charge is -2.24. The molecule has 0 saturated carbocycles. The van der Waals surface area contributed by atoms with Gasteiger partial charge in [0.15, 0.2) is 5.96 Å². The molecule has 0 rings (SSSR count). The van der Waals surface area contributed by atoms with E-state index in [4.69, 9.17) is 33.1 Å². The summed E-state index contributed by atoms with van der Waals surface area (Å²) in [6, 6.07) is -5.57. The first-order chi connectivity index (χ1) is 16.3. The van der Waals surface area contributed by atoms with Crippen LogP contribution in [0.15, 0.2) is 4.99 Å². The second kappa shape index (κ2) is 16.1. The molecule has 4 amide bonds. The molecule has 17 heteroatoms. The maximum Gasteiger partial charge on any atom is 0.327 e. The van der Waals surface area contributed by atoms with Crippen molar-refractivity contribution in [3.63, 3.8) is 0 Å². The summed E-state index contributed by atoms with van der Waals surface area (Å²) in [5, 5.41) is 24.9. The highest BCUT2D eigenvalue weighted by Crippen LogP contribution is 2.04. The number of primary amides is 1. The minimum absolute atomic E-state index is 0.0564. The predicted molar refractivity (Wildman–Crippen MR) is 126 cm³/mol. The average Bonchev–Trinajstić information content (AvgIpc) is 2.75. The summed E-state index contributed by atoms with van der Waals surface area (Å²) in [6.07, 6.45) is -1.07. The molecule has 0 saturated heterocycles. The molecule has 198 valence electrons. The van der Waals surface area contributed by atoms with Gasteiger partial charge in [-0.2, -0.15) is 12.6 Å². The van der Waals surface area contributed by atoms with E-state index in [0.29, 0.717) is 0 Å². The summed E-state index contributed by atoms with van der Waals surface area (Å²) in [5.74, 6) is -6.79. The number of thiol groups is 1. The van der Waals surface area contributed by atoms with Crippen LogP contribution in [0.3, 0.4) is 0 Å². The van der Waals surface area contributed by atoms with Gasteiger partial charge in [-0.05, 0) is 19.3 Å². The molecule has 0 aliphatic rings. The van der Waals surface area contributed by atoms with E-state index < -0.39 is 66.2 Å². The molecule has 13 N–H and O–H groups in total. The fourth-order valence-corrected chi connectivity index (χ4v) is 2.84. The number of amides is 4. The molecular weight excluding hydrogens is 488 g/mol. The normalized spacial score (nSPS) is 13.9. The molecule has 0 aromatic carbocycles. The number of aliphatic imine (C=N–C) groups is 1. The molecule has 0 aromatic heterocycles. The van der Waals surface area contributed by atoms with Crippen LogP contribution in [-0.2, 0) is 28.8 Å². The molecule has 0 aliphatic heterocycles. The van der Waals surface area contributed by atoms with Gasteiger partial charge in [-0.15, -0.1) is 0 Å². The number of rotatable bonds is 17. The SMILES string of the molecule is NC(=O)CCC(N)C(=O)NC(CC(=O)O)C(=O)NC(CCCN=C(N)N)C(=O)NC(CS)C(=O)O. The molecule has 35 heavy (non-hydrogen) atoms. The highest BCUT2D eigenvalue weighted by atomic mass is 32.1. The highest BCUT2D eigenvalue weighted by Gasteiger charge is 2.31. The van der Waals surface area contributed by atoms with Crippen molar-refractivity contribution in [1.82, 2.24) is 16.0 Å². The zero-order valence-electron chi connectivity index (χ0n) is 18.8. The van der Waals surface area contributed by atoms with Gasteiger partial charge < -0.3 is 49.1 Å². The average molecular weight is 521 g/mol. The lowest BCUT2D eigenvalue weighted by molar-refractivity contribution is -0.142. The Kier molecular flexibility index (Phi) is 14.4. The third-order valence-electron chi connectivity index (χ3n) is 4.43. The van der Waals surface area contributed by atoms with Crippen molar-refractivity contribution in [3.8, 4) is 0 Å². The fourth-order valence-electron chi connectivity index (χ4n) is 2.59. The zero-order valence-corrected chi connectivity index (χ0v) is 19.7. The van der Waals surface area contributed by atoms with Gasteiger partial charge in [0, 0.05) is 18.7 Å². The maximum atomic E-state index is 12.8. The molecule has 16 nitrogen and oxygen atoms in total. The lowest BCUT2D eigenvalue weighted by atomic mass is 10.1. The first kappa shape index (κ1) is 31.4. The summed E-state index contributed by atoms with van der Waals surface area (Å²) in [7, 11) is 0. The monoisotopic (exact) mass is 520 g/mol. The number of carbonyl (C=O) groups is 6. The molecule has 4 unspecified atom stereocenters. The number of hydrogen-bond donors (Lipinski definition) is 10. The number of hydrogen-bond acceptors (Lipinski definition) is 9. The van der Waals surface area contributed by atoms with Gasteiger partial charge in [-0.25, -0.2) is 4.79 Å². The fraction of sp³-hybridized carbons (Fsp3) is 0.611. The molecule has 0 spiro atoms. The Hall–Kier alpha value is -3.60. The quantitative estimate of drug-likeness (QED) is 0.0377. The van der Waals surface area contributed by atoms with E-state index in [1.54, 1.807) is 0 Å². The summed E-state index contributed by atoms with van der Waals surface area (Å²) >= 11 is 3.85. The molecule has 0 fully saturated rings. The Balaban J connectivity index is 5.52. The number of guanidine groups is 1. The number of nitrogens with one attached hydrogen (secondary N) is 3. The largest absolute Gasteiger partial charge is 0.481 e. The van der Waals surface area contributed by atoms with E-state index in [1.807, 2.05) is 0 Å². The second-order valence-corrected chi connectivity index (χ2v) is 7.73. The number of nitrogens with two attached hydrogens (primary N) is 4. The Bertz CT molecular complexity index is 820.